The summed E-state index contributed by atoms with van der Waals surface area (Å²) < 4.78 is 7.21. The van der Waals surface area contributed by atoms with Crippen LogP contribution in [0.4, 0.5) is 17.1 Å². The van der Waals surface area contributed by atoms with Gasteiger partial charge in [-0.2, -0.15) is 0 Å². The fourth-order valence-electron chi connectivity index (χ4n) is 7.07. The summed E-state index contributed by atoms with van der Waals surface area (Å²) in [5.41, 5.74) is 7.71. The highest BCUT2D eigenvalue weighted by Crippen LogP contribution is 2.49. The van der Waals surface area contributed by atoms with E-state index in [9.17, 15) is 10.1 Å². The fraction of sp³-hybridized carbons (Fsp3) is 0.211. The van der Waals surface area contributed by atoms with Gasteiger partial charge in [0.05, 0.1) is 4.92 Å². The van der Waals surface area contributed by atoms with Crippen LogP contribution < -0.4 is 10.2 Å². The Morgan fingerprint density at radius 3 is 2.18 bits per heavy atom. The lowest BCUT2D eigenvalue weighted by Crippen LogP contribution is -2.40. The molecule has 0 aliphatic carbocycles. The maximum atomic E-state index is 11.4. The molecule has 0 radical (unpaired) electrons. The molecule has 0 saturated heterocycles. The van der Waals surface area contributed by atoms with Gasteiger partial charge in [0.25, 0.3) is 5.69 Å². The minimum Gasteiger partial charge on any atom is -0.371 e. The second kappa shape index (κ2) is 10.6. The van der Waals surface area contributed by atoms with E-state index in [1.807, 2.05) is 36.4 Å². The monoisotopic (exact) mass is 577 g/mol. The van der Waals surface area contributed by atoms with Gasteiger partial charge < -0.3 is 15.0 Å². The van der Waals surface area contributed by atoms with Crippen molar-refractivity contribution in [3.05, 3.63) is 147 Å². The van der Waals surface area contributed by atoms with Gasteiger partial charge in [0.2, 0.25) is 0 Å². The summed E-state index contributed by atoms with van der Waals surface area (Å²) in [7, 11) is 0. The van der Waals surface area contributed by atoms with Crippen molar-refractivity contribution in [2.75, 3.05) is 23.3 Å². The van der Waals surface area contributed by atoms with Crippen molar-refractivity contribution < 1.29 is 9.66 Å². The summed E-state index contributed by atoms with van der Waals surface area (Å²) in [6.45, 7) is 2.21. The van der Waals surface area contributed by atoms with E-state index >= 15 is 0 Å². The molecule has 6 nitrogen and oxygen atoms in total. The van der Waals surface area contributed by atoms with Crippen LogP contribution in [0.15, 0.2) is 103 Å². The first kappa shape index (κ1) is 26.5. The molecule has 8 rings (SSSR count). The molecule has 216 valence electrons. The number of benzene rings is 5. The predicted molar refractivity (Wildman–Crippen MR) is 174 cm³/mol. The van der Waals surface area contributed by atoms with Crippen molar-refractivity contribution in [1.29, 1.82) is 0 Å². The van der Waals surface area contributed by atoms with E-state index in [0.29, 0.717) is 0 Å². The second-order valence-corrected chi connectivity index (χ2v) is 11.9. The molecule has 1 N–H and O–H groups in total. The molecule has 2 atom stereocenters. The SMILES string of the molecule is O=[N+]([O-])c1ccc(C2Nc3cc4ccccc4cc3C(C#Cc3ccccc3)(c3cc4c5c(c3)CCCN5CCC4)O2)cc1. The molecule has 44 heavy (non-hydrogen) atoms. The summed E-state index contributed by atoms with van der Waals surface area (Å²) in [4.78, 5) is 13.6. The van der Waals surface area contributed by atoms with Crippen LogP contribution in [0.5, 0.6) is 0 Å². The molecule has 0 fully saturated rings. The summed E-state index contributed by atoms with van der Waals surface area (Å²) in [5, 5.41) is 17.3. The zero-order valence-corrected chi connectivity index (χ0v) is 24.3. The molecular formula is C38H31N3O3. The highest BCUT2D eigenvalue weighted by atomic mass is 16.6. The molecule has 3 aliphatic heterocycles. The Balaban J connectivity index is 1.39. The smallest absolute Gasteiger partial charge is 0.269 e. The molecule has 2 unspecified atom stereocenters. The molecule has 3 heterocycles. The van der Waals surface area contributed by atoms with Crippen LogP contribution in [0.3, 0.4) is 0 Å². The summed E-state index contributed by atoms with van der Waals surface area (Å²) in [6.07, 6.45) is 3.74. The van der Waals surface area contributed by atoms with Gasteiger partial charge in [-0.25, -0.2) is 0 Å². The molecule has 5 aromatic carbocycles. The van der Waals surface area contributed by atoms with Crippen LogP contribution in [0.25, 0.3) is 10.8 Å². The Kier molecular flexibility index (Phi) is 6.36. The van der Waals surface area contributed by atoms with Gasteiger partial charge in [0.15, 0.2) is 11.8 Å². The number of nitrogens with one attached hydrogen (secondary N) is 1. The Bertz CT molecular complexity index is 1950. The maximum Gasteiger partial charge on any atom is 0.269 e. The molecule has 6 heteroatoms. The number of non-ortho nitro benzene ring substituents is 1. The first-order valence-electron chi connectivity index (χ1n) is 15.3. The molecule has 0 aromatic heterocycles. The average Bonchev–Trinajstić information content (AvgIpc) is 3.07. The van der Waals surface area contributed by atoms with E-state index in [4.69, 9.17) is 4.74 Å². The van der Waals surface area contributed by atoms with E-state index in [1.54, 1.807) is 12.1 Å². The van der Waals surface area contributed by atoms with E-state index in [1.165, 1.54) is 28.9 Å². The number of ether oxygens (including phenoxy) is 1. The summed E-state index contributed by atoms with van der Waals surface area (Å²) in [6, 6.07) is 34.0. The molecule has 0 spiro atoms. The number of nitro groups is 1. The minimum atomic E-state index is -1.10. The molecule has 0 saturated carbocycles. The van der Waals surface area contributed by atoms with Crippen LogP contribution >= 0.6 is 0 Å². The molecule has 5 aromatic rings. The van der Waals surface area contributed by atoms with E-state index in [-0.39, 0.29) is 10.6 Å². The van der Waals surface area contributed by atoms with E-state index in [0.717, 1.165) is 77.5 Å². The summed E-state index contributed by atoms with van der Waals surface area (Å²) >= 11 is 0. The number of fused-ring (bicyclic) bond motifs is 2. The van der Waals surface area contributed by atoms with Gasteiger partial charge in [-0.1, -0.05) is 54.3 Å². The molecular weight excluding hydrogens is 546 g/mol. The predicted octanol–water partition coefficient (Wildman–Crippen LogP) is 7.88. The second-order valence-electron chi connectivity index (χ2n) is 11.9. The number of nitrogens with zero attached hydrogens (tertiary/aromatic N) is 2. The Morgan fingerprint density at radius 1 is 0.841 bits per heavy atom. The van der Waals surface area contributed by atoms with Crippen LogP contribution in [0.2, 0.25) is 0 Å². The number of aryl methyl sites for hydroxylation is 2. The minimum absolute atomic E-state index is 0.0458. The standard InChI is InChI=1S/C38H31N3O3/c42-41(43)33-16-14-27(15-17-33)37-39-35-25-29-11-5-4-10-28(29)24-34(35)38(44-37,19-18-26-8-2-1-3-9-26)32-22-30-12-6-20-40-21-7-13-31(23-32)36(30)40/h1-5,8-11,14-17,22-25,37,39H,6-7,12-13,20-21H2. The third kappa shape index (κ3) is 4.49. The van der Waals surface area contributed by atoms with Gasteiger partial charge in [0.1, 0.15) is 0 Å². The van der Waals surface area contributed by atoms with Gasteiger partial charge in [-0.15, -0.1) is 0 Å². The van der Waals surface area contributed by atoms with Gasteiger partial charge in [0, 0.05) is 58.9 Å². The average molecular weight is 578 g/mol. The van der Waals surface area contributed by atoms with Gasteiger partial charge in [-0.3, -0.25) is 10.1 Å². The Morgan fingerprint density at radius 2 is 1.50 bits per heavy atom. The molecule has 0 amide bonds. The van der Waals surface area contributed by atoms with Gasteiger partial charge >= 0.3 is 0 Å². The number of rotatable bonds is 3. The zero-order chi connectivity index (χ0) is 29.7. The van der Waals surface area contributed by atoms with Crippen molar-refractivity contribution in [2.24, 2.45) is 0 Å². The van der Waals surface area contributed by atoms with E-state index in [2.05, 4.69) is 64.5 Å². The van der Waals surface area contributed by atoms with Crippen LogP contribution in [0.1, 0.15) is 52.5 Å². The lowest BCUT2D eigenvalue weighted by molar-refractivity contribution is -0.384. The fourth-order valence-corrected chi connectivity index (χ4v) is 7.07. The van der Waals surface area contributed by atoms with Crippen LogP contribution in [-0.4, -0.2) is 18.0 Å². The van der Waals surface area contributed by atoms with Crippen molar-refractivity contribution in [1.82, 2.24) is 0 Å². The zero-order valence-electron chi connectivity index (χ0n) is 24.3. The van der Waals surface area contributed by atoms with Crippen molar-refractivity contribution in [3.63, 3.8) is 0 Å². The highest BCUT2D eigenvalue weighted by molar-refractivity contribution is 5.89. The molecule has 0 bridgehead atoms. The van der Waals surface area contributed by atoms with Crippen LogP contribution in [-0.2, 0) is 23.2 Å². The van der Waals surface area contributed by atoms with Gasteiger partial charge in [-0.05, 0) is 96.1 Å². The van der Waals surface area contributed by atoms with Crippen LogP contribution in [0, 0.1) is 22.0 Å². The topological polar surface area (TPSA) is 67.6 Å². The highest BCUT2D eigenvalue weighted by Gasteiger charge is 2.44. The largest absolute Gasteiger partial charge is 0.371 e. The lowest BCUT2D eigenvalue weighted by Gasteiger charge is -2.43. The Hall–Kier alpha value is -5.12. The Labute approximate surface area is 256 Å². The van der Waals surface area contributed by atoms with Crippen molar-refractivity contribution >= 4 is 27.8 Å². The maximum absolute atomic E-state index is 11.4. The van der Waals surface area contributed by atoms with Crippen molar-refractivity contribution in [3.8, 4) is 11.8 Å². The number of anilines is 2. The number of nitro benzene ring substituents is 1. The summed E-state index contributed by atoms with van der Waals surface area (Å²) in [5.74, 6) is 7.15. The third-order valence-electron chi connectivity index (χ3n) is 9.15. The third-order valence-corrected chi connectivity index (χ3v) is 9.15. The number of hydrogen-bond acceptors (Lipinski definition) is 5. The quantitative estimate of drug-likeness (QED) is 0.134. The first-order chi connectivity index (χ1) is 21.6. The lowest BCUT2D eigenvalue weighted by atomic mass is 9.79. The molecule has 3 aliphatic rings. The first-order valence-corrected chi connectivity index (χ1v) is 15.3. The van der Waals surface area contributed by atoms with Crippen molar-refractivity contribution in [2.45, 2.75) is 37.5 Å². The van der Waals surface area contributed by atoms with E-state index < -0.39 is 11.8 Å². The normalized spacial score (nSPS) is 20.1. The number of hydrogen-bond donors (Lipinski definition) is 1.